The maximum absolute atomic E-state index is 13.2. The first-order valence-electron chi connectivity index (χ1n) is 8.96. The molecule has 0 aliphatic carbocycles. The maximum atomic E-state index is 13.2. The van der Waals surface area contributed by atoms with Crippen molar-refractivity contribution in [3.8, 4) is 5.69 Å². The summed E-state index contributed by atoms with van der Waals surface area (Å²) in [5.74, 6) is -0.610. The topological polar surface area (TPSA) is 73.0 Å². The third kappa shape index (κ3) is 3.52. The minimum atomic E-state index is -0.366. The van der Waals surface area contributed by atoms with E-state index in [1.54, 1.807) is 19.2 Å². The van der Waals surface area contributed by atoms with Crippen LogP contribution < -0.4 is 10.5 Å². The van der Waals surface area contributed by atoms with Crippen LogP contribution in [-0.2, 0) is 11.3 Å². The molecule has 4 aromatic rings. The van der Waals surface area contributed by atoms with E-state index in [-0.39, 0.29) is 29.2 Å². The number of amides is 1. The number of hydrogen-bond acceptors (Lipinski definition) is 4. The van der Waals surface area contributed by atoms with Crippen molar-refractivity contribution in [2.75, 3.05) is 11.9 Å². The summed E-state index contributed by atoms with van der Waals surface area (Å²) in [6.07, 6.45) is 2.73. The Morgan fingerprint density at radius 3 is 2.66 bits per heavy atom. The molecule has 2 aromatic carbocycles. The molecule has 0 radical (unpaired) electrons. The van der Waals surface area contributed by atoms with E-state index in [4.69, 9.17) is 0 Å². The average molecular weight is 391 g/mol. The number of carbonyl (C=O) groups is 1. The highest BCUT2D eigenvalue weighted by Gasteiger charge is 2.16. The quantitative estimate of drug-likeness (QED) is 0.536. The first kappa shape index (κ1) is 18.5. The molecule has 0 saturated carbocycles. The molecule has 7 nitrogen and oxygen atoms in total. The predicted molar refractivity (Wildman–Crippen MR) is 108 cm³/mol. The van der Waals surface area contributed by atoms with E-state index in [1.165, 1.54) is 38.8 Å². The zero-order valence-electron chi connectivity index (χ0n) is 15.9. The fraction of sp³-hybridized carbons (Fsp3) is 0.143. The molecule has 8 heteroatoms. The molecule has 0 fully saturated rings. The van der Waals surface area contributed by atoms with Gasteiger partial charge in [-0.2, -0.15) is 5.10 Å². The van der Waals surface area contributed by atoms with Gasteiger partial charge in [0.05, 0.1) is 11.9 Å². The summed E-state index contributed by atoms with van der Waals surface area (Å²) in [4.78, 5) is 31.3. The molecule has 0 aliphatic heterocycles. The highest BCUT2D eigenvalue weighted by atomic mass is 19.1. The second-order valence-corrected chi connectivity index (χ2v) is 6.74. The van der Waals surface area contributed by atoms with Crippen LogP contribution in [0.2, 0.25) is 0 Å². The second-order valence-electron chi connectivity index (χ2n) is 6.74. The number of anilines is 1. The number of aromatic nitrogens is 4. The van der Waals surface area contributed by atoms with Crippen LogP contribution in [0.1, 0.15) is 5.56 Å². The van der Waals surface area contributed by atoms with E-state index in [0.29, 0.717) is 11.3 Å². The number of halogens is 1. The van der Waals surface area contributed by atoms with Gasteiger partial charge < -0.3 is 4.90 Å². The molecule has 1 amide bonds. The Morgan fingerprint density at radius 2 is 1.93 bits per heavy atom. The Morgan fingerprint density at radius 1 is 1.17 bits per heavy atom. The molecule has 2 heterocycles. The van der Waals surface area contributed by atoms with Gasteiger partial charge in [0.15, 0.2) is 5.65 Å². The van der Waals surface area contributed by atoms with Gasteiger partial charge in [0.1, 0.15) is 24.1 Å². The Bertz CT molecular complexity index is 1260. The van der Waals surface area contributed by atoms with Gasteiger partial charge in [-0.15, -0.1) is 0 Å². The molecule has 0 N–H and O–H groups in total. The highest BCUT2D eigenvalue weighted by Crippen LogP contribution is 2.16. The van der Waals surface area contributed by atoms with Crippen molar-refractivity contribution < 1.29 is 9.18 Å². The van der Waals surface area contributed by atoms with E-state index in [0.717, 1.165) is 11.3 Å². The van der Waals surface area contributed by atoms with E-state index in [9.17, 15) is 14.0 Å². The number of likely N-dealkylation sites (N-methyl/N-ethyl adjacent to an activating group) is 1. The standard InChI is InChI=1S/C21H18FN5O2/c1-14-4-3-5-17(10-14)25(2)19(28)12-26-13-23-20-18(21(26)29)11-24-27(20)16-8-6-15(22)7-9-16/h3-11,13H,12H2,1-2H3. The normalized spacial score (nSPS) is 11.0. The van der Waals surface area contributed by atoms with E-state index in [1.807, 2.05) is 31.2 Å². The van der Waals surface area contributed by atoms with Gasteiger partial charge in [0.25, 0.3) is 5.56 Å². The van der Waals surface area contributed by atoms with Crippen molar-refractivity contribution in [1.29, 1.82) is 0 Å². The first-order chi connectivity index (χ1) is 13.9. The molecular formula is C21H18FN5O2. The minimum Gasteiger partial charge on any atom is -0.314 e. The second kappa shape index (κ2) is 7.31. The summed E-state index contributed by atoms with van der Waals surface area (Å²) in [5.41, 5.74) is 2.35. The zero-order valence-corrected chi connectivity index (χ0v) is 15.9. The van der Waals surface area contributed by atoms with Gasteiger partial charge in [0.2, 0.25) is 5.91 Å². The Labute approximate surface area is 165 Å². The van der Waals surface area contributed by atoms with Crippen LogP contribution in [-0.4, -0.2) is 32.3 Å². The van der Waals surface area contributed by atoms with E-state index in [2.05, 4.69) is 10.1 Å². The molecule has 0 unspecified atom stereocenters. The van der Waals surface area contributed by atoms with Gasteiger partial charge >= 0.3 is 0 Å². The van der Waals surface area contributed by atoms with Crippen LogP contribution >= 0.6 is 0 Å². The summed E-state index contributed by atoms with van der Waals surface area (Å²) in [7, 11) is 1.67. The molecule has 2 aromatic heterocycles. The molecule has 0 bridgehead atoms. The van der Waals surface area contributed by atoms with Crippen LogP contribution in [0, 0.1) is 12.7 Å². The van der Waals surface area contributed by atoms with Crippen LogP contribution in [0.3, 0.4) is 0 Å². The third-order valence-electron chi connectivity index (χ3n) is 4.69. The molecular weight excluding hydrogens is 373 g/mol. The number of carbonyl (C=O) groups excluding carboxylic acids is 1. The smallest absolute Gasteiger partial charge is 0.264 e. The Kier molecular flexibility index (Phi) is 4.67. The lowest BCUT2D eigenvalue weighted by Gasteiger charge is -2.18. The molecule has 4 rings (SSSR count). The van der Waals surface area contributed by atoms with Crippen LogP contribution in [0.25, 0.3) is 16.7 Å². The lowest BCUT2D eigenvalue weighted by Crippen LogP contribution is -2.34. The summed E-state index contributed by atoms with van der Waals surface area (Å²) >= 11 is 0. The van der Waals surface area contributed by atoms with E-state index >= 15 is 0 Å². The predicted octanol–water partition coefficient (Wildman–Crippen LogP) is 2.69. The summed E-state index contributed by atoms with van der Waals surface area (Å²) in [6.45, 7) is 1.80. The SMILES string of the molecule is Cc1cccc(N(C)C(=O)Cn2cnc3c(cnn3-c3ccc(F)cc3)c2=O)c1. The van der Waals surface area contributed by atoms with Crippen LogP contribution in [0.4, 0.5) is 10.1 Å². The van der Waals surface area contributed by atoms with Crippen molar-refractivity contribution in [1.82, 2.24) is 19.3 Å². The summed E-state index contributed by atoms with van der Waals surface area (Å²) in [5, 5.41) is 4.47. The summed E-state index contributed by atoms with van der Waals surface area (Å²) < 4.78 is 15.9. The molecule has 0 saturated heterocycles. The van der Waals surface area contributed by atoms with Crippen molar-refractivity contribution in [2.45, 2.75) is 13.5 Å². The number of fused-ring (bicyclic) bond motifs is 1. The molecule has 0 spiro atoms. The number of benzene rings is 2. The fourth-order valence-corrected chi connectivity index (χ4v) is 3.06. The Balaban J connectivity index is 1.64. The van der Waals surface area contributed by atoms with Crippen LogP contribution in [0.15, 0.2) is 65.8 Å². The van der Waals surface area contributed by atoms with Gasteiger partial charge in [0, 0.05) is 12.7 Å². The number of hydrogen-bond donors (Lipinski definition) is 0. The largest absolute Gasteiger partial charge is 0.314 e. The molecule has 29 heavy (non-hydrogen) atoms. The zero-order chi connectivity index (χ0) is 20.5. The van der Waals surface area contributed by atoms with Gasteiger partial charge in [-0.1, -0.05) is 12.1 Å². The van der Waals surface area contributed by atoms with Crippen molar-refractivity contribution in [3.63, 3.8) is 0 Å². The van der Waals surface area contributed by atoms with Crippen molar-refractivity contribution in [3.05, 3.63) is 82.8 Å². The monoisotopic (exact) mass is 391 g/mol. The lowest BCUT2D eigenvalue weighted by atomic mass is 10.2. The average Bonchev–Trinajstić information content (AvgIpc) is 3.15. The Hall–Kier alpha value is -3.81. The number of nitrogens with zero attached hydrogens (tertiary/aromatic N) is 5. The van der Waals surface area contributed by atoms with Crippen LogP contribution in [0.5, 0.6) is 0 Å². The van der Waals surface area contributed by atoms with Crippen molar-refractivity contribution >= 4 is 22.6 Å². The number of aryl methyl sites for hydroxylation is 1. The first-order valence-corrected chi connectivity index (χ1v) is 8.96. The van der Waals surface area contributed by atoms with Gasteiger partial charge in [-0.25, -0.2) is 14.1 Å². The van der Waals surface area contributed by atoms with Gasteiger partial charge in [-0.3, -0.25) is 14.2 Å². The minimum absolute atomic E-state index is 0.145. The van der Waals surface area contributed by atoms with Crippen molar-refractivity contribution in [2.24, 2.45) is 0 Å². The maximum Gasteiger partial charge on any atom is 0.264 e. The molecule has 146 valence electrons. The lowest BCUT2D eigenvalue weighted by molar-refractivity contribution is -0.118. The van der Waals surface area contributed by atoms with E-state index < -0.39 is 0 Å². The number of rotatable bonds is 4. The fourth-order valence-electron chi connectivity index (χ4n) is 3.06. The third-order valence-corrected chi connectivity index (χ3v) is 4.69. The molecule has 0 atom stereocenters. The van der Waals surface area contributed by atoms with Gasteiger partial charge in [-0.05, 0) is 48.9 Å². The highest BCUT2D eigenvalue weighted by molar-refractivity contribution is 5.92. The molecule has 0 aliphatic rings. The summed E-state index contributed by atoms with van der Waals surface area (Å²) in [6, 6.07) is 13.3.